The van der Waals surface area contributed by atoms with Gasteiger partial charge >= 0.3 is 0 Å². The Morgan fingerprint density at radius 2 is 1.61 bits per heavy atom. The predicted octanol–water partition coefficient (Wildman–Crippen LogP) is 3.82. The van der Waals surface area contributed by atoms with Crippen LogP contribution in [0.25, 0.3) is 0 Å². The minimum atomic E-state index is -3.58. The van der Waals surface area contributed by atoms with Gasteiger partial charge in [-0.3, -0.25) is 9.10 Å². The molecule has 0 unspecified atom stereocenters. The molecule has 1 amide bonds. The van der Waals surface area contributed by atoms with Gasteiger partial charge in [-0.1, -0.05) is 31.2 Å². The van der Waals surface area contributed by atoms with Crippen LogP contribution in [-0.4, -0.2) is 27.1 Å². The van der Waals surface area contributed by atoms with Crippen LogP contribution >= 0.6 is 0 Å². The second-order valence-electron chi connectivity index (χ2n) is 7.37. The van der Waals surface area contributed by atoms with E-state index in [1.54, 1.807) is 12.1 Å². The van der Waals surface area contributed by atoms with Crippen molar-refractivity contribution in [3.63, 3.8) is 0 Å². The third-order valence-corrected chi connectivity index (χ3v) is 6.19. The van der Waals surface area contributed by atoms with Crippen molar-refractivity contribution < 1.29 is 13.2 Å². The monoisotopic (exact) mass is 402 g/mol. The van der Waals surface area contributed by atoms with Crippen LogP contribution in [0.15, 0.2) is 36.4 Å². The maximum Gasteiger partial charge on any atom is 0.241 e. The van der Waals surface area contributed by atoms with Crippen LogP contribution in [0, 0.1) is 20.8 Å². The van der Waals surface area contributed by atoms with Crippen LogP contribution in [0.4, 0.5) is 5.69 Å². The summed E-state index contributed by atoms with van der Waals surface area (Å²) in [5, 5.41) is 2.93. The van der Waals surface area contributed by atoms with Crippen molar-refractivity contribution in [3.8, 4) is 0 Å². The van der Waals surface area contributed by atoms with Gasteiger partial charge in [0.25, 0.3) is 0 Å². The van der Waals surface area contributed by atoms with Gasteiger partial charge in [0.2, 0.25) is 15.9 Å². The Labute approximate surface area is 168 Å². The molecule has 28 heavy (non-hydrogen) atoms. The molecule has 0 aliphatic carbocycles. The second-order valence-corrected chi connectivity index (χ2v) is 9.28. The summed E-state index contributed by atoms with van der Waals surface area (Å²) in [6.07, 6.45) is 1.98. The zero-order chi connectivity index (χ0) is 21.1. The highest BCUT2D eigenvalue weighted by Gasteiger charge is 2.22. The Balaban J connectivity index is 2.18. The number of nitrogens with one attached hydrogen (secondary N) is 1. The minimum absolute atomic E-state index is 0.212. The van der Waals surface area contributed by atoms with Crippen molar-refractivity contribution in [2.75, 3.05) is 17.1 Å². The van der Waals surface area contributed by atoms with E-state index in [2.05, 4.69) is 24.4 Å². The van der Waals surface area contributed by atoms with Crippen molar-refractivity contribution in [3.05, 3.63) is 64.2 Å². The number of benzene rings is 2. The van der Waals surface area contributed by atoms with E-state index in [9.17, 15) is 13.2 Å². The SMILES string of the molecule is CCc1ccc(N(CC(=O)N[C@H](C)c2cc(C)c(C)cc2C)S(C)(=O)=O)cc1. The molecule has 0 aliphatic heterocycles. The molecule has 152 valence electrons. The Morgan fingerprint density at radius 1 is 1.04 bits per heavy atom. The maximum absolute atomic E-state index is 12.6. The average molecular weight is 403 g/mol. The fourth-order valence-corrected chi connectivity index (χ4v) is 4.10. The van der Waals surface area contributed by atoms with E-state index in [1.807, 2.05) is 39.8 Å². The molecule has 1 N–H and O–H groups in total. The number of aryl methyl sites for hydroxylation is 4. The number of hydrogen-bond donors (Lipinski definition) is 1. The molecular weight excluding hydrogens is 372 g/mol. The van der Waals surface area contributed by atoms with Crippen LogP contribution in [0.1, 0.15) is 47.7 Å². The quantitative estimate of drug-likeness (QED) is 0.766. The lowest BCUT2D eigenvalue weighted by molar-refractivity contribution is -0.120. The maximum atomic E-state index is 12.6. The largest absolute Gasteiger partial charge is 0.348 e. The highest BCUT2D eigenvalue weighted by atomic mass is 32.2. The van der Waals surface area contributed by atoms with Crippen molar-refractivity contribution >= 4 is 21.6 Å². The van der Waals surface area contributed by atoms with E-state index in [4.69, 9.17) is 0 Å². The first-order chi connectivity index (χ1) is 13.0. The van der Waals surface area contributed by atoms with E-state index in [0.717, 1.165) is 39.2 Å². The van der Waals surface area contributed by atoms with E-state index >= 15 is 0 Å². The number of carbonyl (C=O) groups excluding carboxylic acids is 1. The van der Waals surface area contributed by atoms with E-state index in [0.29, 0.717) is 5.69 Å². The lowest BCUT2D eigenvalue weighted by Gasteiger charge is -2.24. The summed E-state index contributed by atoms with van der Waals surface area (Å²) < 4.78 is 25.7. The van der Waals surface area contributed by atoms with Crippen LogP contribution < -0.4 is 9.62 Å². The van der Waals surface area contributed by atoms with Crippen molar-refractivity contribution in [1.29, 1.82) is 0 Å². The summed E-state index contributed by atoms with van der Waals surface area (Å²) in [7, 11) is -3.58. The smallest absolute Gasteiger partial charge is 0.241 e. The Morgan fingerprint density at radius 3 is 2.14 bits per heavy atom. The van der Waals surface area contributed by atoms with Crippen LogP contribution in [0.2, 0.25) is 0 Å². The summed E-state index contributed by atoms with van der Waals surface area (Å²) >= 11 is 0. The van der Waals surface area contributed by atoms with Gasteiger partial charge in [-0.05, 0) is 74.1 Å². The summed E-state index contributed by atoms with van der Waals surface area (Å²) in [6.45, 7) is 9.81. The lowest BCUT2D eigenvalue weighted by Crippen LogP contribution is -2.41. The van der Waals surface area contributed by atoms with Gasteiger partial charge in [-0.2, -0.15) is 0 Å². The first-order valence-electron chi connectivity index (χ1n) is 9.46. The van der Waals surface area contributed by atoms with Crippen molar-refractivity contribution in [1.82, 2.24) is 5.32 Å². The minimum Gasteiger partial charge on any atom is -0.348 e. The number of sulfonamides is 1. The fraction of sp³-hybridized carbons (Fsp3) is 0.409. The Hall–Kier alpha value is -2.34. The molecule has 0 fully saturated rings. The van der Waals surface area contributed by atoms with Gasteiger partial charge in [0, 0.05) is 0 Å². The van der Waals surface area contributed by atoms with Gasteiger partial charge in [0.15, 0.2) is 0 Å². The highest BCUT2D eigenvalue weighted by Crippen LogP contribution is 2.22. The fourth-order valence-electron chi connectivity index (χ4n) is 3.24. The third kappa shape index (κ3) is 5.35. The standard InChI is InChI=1S/C22H30N2O3S/c1-7-19-8-10-20(11-9-19)24(28(6,26)27)14-22(25)23-18(5)21-13-16(3)15(2)12-17(21)4/h8-13,18H,7,14H2,1-6H3,(H,23,25)/t18-/m1/s1. The molecule has 0 radical (unpaired) electrons. The molecule has 0 bridgehead atoms. The average Bonchev–Trinajstić information content (AvgIpc) is 2.62. The number of carbonyl (C=O) groups is 1. The Kier molecular flexibility index (Phi) is 6.88. The van der Waals surface area contributed by atoms with E-state index in [-0.39, 0.29) is 18.5 Å². The van der Waals surface area contributed by atoms with Crippen LogP contribution in [0.5, 0.6) is 0 Å². The summed E-state index contributed by atoms with van der Waals surface area (Å²) in [5.41, 5.74) is 6.11. The van der Waals surface area contributed by atoms with Crippen LogP contribution in [0.3, 0.4) is 0 Å². The first-order valence-corrected chi connectivity index (χ1v) is 11.3. The van der Waals surface area contributed by atoms with E-state index in [1.165, 1.54) is 5.56 Å². The van der Waals surface area contributed by atoms with Crippen LogP contribution in [-0.2, 0) is 21.2 Å². The molecule has 0 saturated carbocycles. The molecule has 6 heteroatoms. The number of nitrogens with zero attached hydrogens (tertiary/aromatic N) is 1. The molecule has 0 spiro atoms. The zero-order valence-corrected chi connectivity index (χ0v) is 18.4. The molecule has 0 aliphatic rings. The van der Waals surface area contributed by atoms with Gasteiger partial charge in [-0.15, -0.1) is 0 Å². The molecule has 2 rings (SSSR count). The van der Waals surface area contributed by atoms with Crippen molar-refractivity contribution in [2.45, 2.75) is 47.1 Å². The zero-order valence-electron chi connectivity index (χ0n) is 17.5. The normalized spacial score (nSPS) is 12.5. The lowest BCUT2D eigenvalue weighted by atomic mass is 9.96. The molecule has 0 saturated heterocycles. The molecular formula is C22H30N2O3S. The topological polar surface area (TPSA) is 66.5 Å². The second kappa shape index (κ2) is 8.78. The number of amides is 1. The van der Waals surface area contributed by atoms with Gasteiger partial charge in [0.05, 0.1) is 18.0 Å². The summed E-state index contributed by atoms with van der Waals surface area (Å²) in [6, 6.07) is 11.2. The summed E-state index contributed by atoms with van der Waals surface area (Å²) in [4.78, 5) is 12.6. The number of rotatable bonds is 7. The third-order valence-electron chi connectivity index (χ3n) is 5.05. The first kappa shape index (κ1) is 22.0. The molecule has 2 aromatic carbocycles. The molecule has 2 aromatic rings. The van der Waals surface area contributed by atoms with Gasteiger partial charge < -0.3 is 5.32 Å². The van der Waals surface area contributed by atoms with Gasteiger partial charge in [0.1, 0.15) is 6.54 Å². The predicted molar refractivity (Wildman–Crippen MR) is 115 cm³/mol. The van der Waals surface area contributed by atoms with Crippen molar-refractivity contribution in [2.24, 2.45) is 0 Å². The molecule has 1 atom stereocenters. The van der Waals surface area contributed by atoms with E-state index < -0.39 is 10.0 Å². The van der Waals surface area contributed by atoms with Gasteiger partial charge in [-0.25, -0.2) is 8.42 Å². The number of hydrogen-bond acceptors (Lipinski definition) is 3. The summed E-state index contributed by atoms with van der Waals surface area (Å²) in [5.74, 6) is -0.338. The highest BCUT2D eigenvalue weighted by molar-refractivity contribution is 7.92. The Bertz CT molecular complexity index is 950. The molecule has 5 nitrogen and oxygen atoms in total. The number of anilines is 1. The molecule has 0 heterocycles. The molecule has 0 aromatic heterocycles.